The Hall–Kier alpha value is -3.30. The molecule has 1 aliphatic heterocycles. The predicted octanol–water partition coefficient (Wildman–Crippen LogP) is 2.76. The molecule has 33 heavy (non-hydrogen) atoms. The molecule has 2 aromatic rings. The van der Waals surface area contributed by atoms with Crippen molar-refractivity contribution in [3.63, 3.8) is 0 Å². The van der Waals surface area contributed by atoms with Gasteiger partial charge in [-0.25, -0.2) is 8.42 Å². The van der Waals surface area contributed by atoms with Crippen molar-refractivity contribution >= 4 is 15.9 Å². The van der Waals surface area contributed by atoms with Crippen LogP contribution >= 0.6 is 0 Å². The smallest absolute Gasteiger partial charge is 0.480 e. The van der Waals surface area contributed by atoms with Crippen molar-refractivity contribution < 1.29 is 35.9 Å². The van der Waals surface area contributed by atoms with Gasteiger partial charge in [0.05, 0.1) is 10.5 Å². The molecule has 1 unspecified atom stereocenters. The Labute approximate surface area is 188 Å². The first-order valence-electron chi connectivity index (χ1n) is 9.82. The first kappa shape index (κ1) is 24.3. The summed E-state index contributed by atoms with van der Waals surface area (Å²) in [5.41, 5.74) is 0.291. The number of rotatable bonds is 6. The standard InChI is InChI=1S/C21H20F3N3O5S/c1-15(31-19-5-3-2-4-16(19)14-25)20(28)26-10-12-27(13-11-26)33(29,30)18-8-6-17(7-9-18)32-21(22,23)24/h2-9,15H,10-13H2,1H3. The average Bonchev–Trinajstić information content (AvgIpc) is 2.78. The van der Waals surface area contributed by atoms with Gasteiger partial charge < -0.3 is 14.4 Å². The Morgan fingerprint density at radius 1 is 1.06 bits per heavy atom. The van der Waals surface area contributed by atoms with Crippen molar-refractivity contribution in [2.75, 3.05) is 26.2 Å². The van der Waals surface area contributed by atoms with Gasteiger partial charge >= 0.3 is 6.36 Å². The summed E-state index contributed by atoms with van der Waals surface area (Å²) in [7, 11) is -3.96. The van der Waals surface area contributed by atoms with Gasteiger partial charge in [-0.2, -0.15) is 9.57 Å². The fourth-order valence-corrected chi connectivity index (χ4v) is 4.69. The molecule has 0 saturated carbocycles. The second-order valence-electron chi connectivity index (χ2n) is 7.12. The highest BCUT2D eigenvalue weighted by Gasteiger charge is 2.33. The number of nitrogens with zero attached hydrogens (tertiary/aromatic N) is 3. The number of ether oxygens (including phenoxy) is 2. The van der Waals surface area contributed by atoms with E-state index in [1.807, 2.05) is 6.07 Å². The minimum atomic E-state index is -4.87. The fourth-order valence-electron chi connectivity index (χ4n) is 3.27. The van der Waals surface area contributed by atoms with Crippen LogP contribution in [0.2, 0.25) is 0 Å². The Morgan fingerprint density at radius 3 is 2.24 bits per heavy atom. The number of hydrogen-bond donors (Lipinski definition) is 0. The molecular weight excluding hydrogens is 463 g/mol. The number of carbonyl (C=O) groups excluding carboxylic acids is 1. The third-order valence-corrected chi connectivity index (χ3v) is 6.82. The van der Waals surface area contributed by atoms with Gasteiger partial charge in [0.1, 0.15) is 17.6 Å². The summed E-state index contributed by atoms with van der Waals surface area (Å²) in [6, 6.07) is 12.4. The van der Waals surface area contributed by atoms with E-state index in [4.69, 9.17) is 10.00 Å². The van der Waals surface area contributed by atoms with Crippen LogP contribution in [0.5, 0.6) is 11.5 Å². The lowest BCUT2D eigenvalue weighted by Crippen LogP contribution is -2.53. The van der Waals surface area contributed by atoms with Gasteiger partial charge in [-0.1, -0.05) is 12.1 Å². The van der Waals surface area contributed by atoms with Crippen LogP contribution in [-0.4, -0.2) is 62.2 Å². The van der Waals surface area contributed by atoms with E-state index in [1.54, 1.807) is 31.2 Å². The summed E-state index contributed by atoms with van der Waals surface area (Å²) in [5, 5.41) is 9.14. The molecule has 12 heteroatoms. The van der Waals surface area contributed by atoms with Crippen LogP contribution < -0.4 is 9.47 Å². The highest BCUT2D eigenvalue weighted by Crippen LogP contribution is 2.26. The Kier molecular flexibility index (Phi) is 7.14. The van der Waals surface area contributed by atoms with E-state index in [0.29, 0.717) is 5.56 Å². The molecule has 1 heterocycles. The van der Waals surface area contributed by atoms with Crippen molar-refractivity contribution in [2.45, 2.75) is 24.3 Å². The summed E-state index contributed by atoms with van der Waals surface area (Å²) < 4.78 is 73.0. The number of piperazine rings is 1. The lowest BCUT2D eigenvalue weighted by Gasteiger charge is -2.35. The molecule has 0 aromatic heterocycles. The summed E-state index contributed by atoms with van der Waals surface area (Å²) in [6.45, 7) is 1.79. The van der Waals surface area contributed by atoms with E-state index in [2.05, 4.69) is 4.74 Å². The third kappa shape index (κ3) is 5.94. The molecule has 2 aromatic carbocycles. The zero-order valence-corrected chi connectivity index (χ0v) is 18.3. The van der Waals surface area contributed by atoms with Crippen LogP contribution in [0.25, 0.3) is 0 Å². The van der Waals surface area contributed by atoms with E-state index in [9.17, 15) is 26.4 Å². The average molecular weight is 483 g/mol. The second-order valence-corrected chi connectivity index (χ2v) is 9.05. The number of halogens is 3. The van der Waals surface area contributed by atoms with Gasteiger partial charge in [0, 0.05) is 26.2 Å². The summed E-state index contributed by atoms with van der Waals surface area (Å²) in [5.74, 6) is -0.600. The number of para-hydroxylation sites is 1. The van der Waals surface area contributed by atoms with E-state index >= 15 is 0 Å². The van der Waals surface area contributed by atoms with E-state index in [-0.39, 0.29) is 42.7 Å². The maximum atomic E-state index is 12.8. The zero-order valence-electron chi connectivity index (χ0n) is 17.4. The zero-order chi connectivity index (χ0) is 24.2. The largest absolute Gasteiger partial charge is 0.573 e. The van der Waals surface area contributed by atoms with E-state index in [1.165, 1.54) is 4.90 Å². The van der Waals surface area contributed by atoms with Crippen LogP contribution in [0, 0.1) is 11.3 Å². The maximum Gasteiger partial charge on any atom is 0.573 e. The molecule has 1 aliphatic rings. The first-order chi connectivity index (χ1) is 15.5. The maximum absolute atomic E-state index is 12.8. The number of amides is 1. The molecule has 0 aliphatic carbocycles. The Balaban J connectivity index is 1.60. The van der Waals surface area contributed by atoms with Gasteiger partial charge in [0.2, 0.25) is 10.0 Å². The fraction of sp³-hybridized carbons (Fsp3) is 0.333. The molecule has 1 amide bonds. The summed E-state index contributed by atoms with van der Waals surface area (Å²) in [4.78, 5) is 14.0. The molecule has 0 bridgehead atoms. The minimum absolute atomic E-state index is 0.0103. The van der Waals surface area contributed by atoms with Crippen molar-refractivity contribution in [3.8, 4) is 17.6 Å². The number of nitriles is 1. The number of sulfonamides is 1. The minimum Gasteiger partial charge on any atom is -0.480 e. The molecule has 0 N–H and O–H groups in total. The quantitative estimate of drug-likeness (QED) is 0.627. The van der Waals surface area contributed by atoms with Crippen molar-refractivity contribution in [1.82, 2.24) is 9.21 Å². The van der Waals surface area contributed by atoms with E-state index in [0.717, 1.165) is 28.6 Å². The lowest BCUT2D eigenvalue weighted by molar-refractivity contribution is -0.274. The normalized spacial score (nSPS) is 16.0. The molecular formula is C21H20F3N3O5S. The number of hydrogen-bond acceptors (Lipinski definition) is 6. The molecule has 1 fully saturated rings. The van der Waals surface area contributed by atoms with Crippen LogP contribution in [0.1, 0.15) is 12.5 Å². The van der Waals surface area contributed by atoms with Gasteiger partial charge in [-0.3, -0.25) is 4.79 Å². The van der Waals surface area contributed by atoms with Crippen molar-refractivity contribution in [2.24, 2.45) is 0 Å². The first-order valence-corrected chi connectivity index (χ1v) is 11.3. The van der Waals surface area contributed by atoms with Gasteiger partial charge in [-0.15, -0.1) is 13.2 Å². The second kappa shape index (κ2) is 9.68. The molecule has 176 valence electrons. The topological polar surface area (TPSA) is 99.9 Å². The summed E-state index contributed by atoms with van der Waals surface area (Å²) in [6.07, 6.45) is -5.76. The SMILES string of the molecule is CC(Oc1ccccc1C#N)C(=O)N1CCN(S(=O)(=O)c2ccc(OC(F)(F)F)cc2)CC1. The highest BCUT2D eigenvalue weighted by atomic mass is 32.2. The summed E-state index contributed by atoms with van der Waals surface area (Å²) >= 11 is 0. The Morgan fingerprint density at radius 2 is 1.67 bits per heavy atom. The number of alkyl halides is 3. The highest BCUT2D eigenvalue weighted by molar-refractivity contribution is 7.89. The Bertz CT molecular complexity index is 1140. The van der Waals surface area contributed by atoms with E-state index < -0.39 is 28.2 Å². The molecule has 0 spiro atoms. The monoisotopic (exact) mass is 483 g/mol. The van der Waals surface area contributed by atoms with Crippen LogP contribution in [-0.2, 0) is 14.8 Å². The molecule has 0 radical (unpaired) electrons. The number of carbonyl (C=O) groups is 1. The molecule has 3 rings (SSSR count). The molecule has 1 saturated heterocycles. The van der Waals surface area contributed by atoms with Crippen LogP contribution in [0.15, 0.2) is 53.4 Å². The van der Waals surface area contributed by atoms with Gasteiger partial charge in [0.25, 0.3) is 5.91 Å². The third-order valence-electron chi connectivity index (χ3n) is 4.90. The predicted molar refractivity (Wildman–Crippen MR) is 110 cm³/mol. The van der Waals surface area contributed by atoms with Crippen molar-refractivity contribution in [3.05, 3.63) is 54.1 Å². The number of benzene rings is 2. The van der Waals surface area contributed by atoms with Crippen LogP contribution in [0.3, 0.4) is 0 Å². The van der Waals surface area contributed by atoms with Gasteiger partial charge in [0.15, 0.2) is 6.10 Å². The van der Waals surface area contributed by atoms with Gasteiger partial charge in [-0.05, 0) is 43.3 Å². The lowest BCUT2D eigenvalue weighted by atomic mass is 10.2. The molecule has 8 nitrogen and oxygen atoms in total. The van der Waals surface area contributed by atoms with Crippen LogP contribution in [0.4, 0.5) is 13.2 Å². The van der Waals surface area contributed by atoms with Crippen molar-refractivity contribution in [1.29, 1.82) is 5.26 Å². The molecule has 1 atom stereocenters.